The Balaban J connectivity index is 2.75. The summed E-state index contributed by atoms with van der Waals surface area (Å²) in [6.07, 6.45) is -8.12. The molecule has 0 amide bonds. The first-order chi connectivity index (χ1) is 13.4. The van der Waals surface area contributed by atoms with Crippen LogP contribution in [0.15, 0.2) is 0 Å². The molecule has 1 fully saturated rings. The van der Waals surface area contributed by atoms with Crippen molar-refractivity contribution >= 4 is 22.1 Å². The summed E-state index contributed by atoms with van der Waals surface area (Å²) in [6.45, 7) is 2.28. The van der Waals surface area contributed by atoms with E-state index in [4.69, 9.17) is 23.5 Å². The van der Waals surface area contributed by atoms with Gasteiger partial charge in [-0.1, -0.05) is 13.3 Å². The lowest BCUT2D eigenvalue weighted by Crippen LogP contribution is -2.60. The number of hydrogen-bond donors (Lipinski definition) is 4. The van der Waals surface area contributed by atoms with E-state index in [1.54, 1.807) is 0 Å². The quantitative estimate of drug-likeness (QED) is 0.211. The number of aliphatic hydroxyl groups is 3. The van der Waals surface area contributed by atoms with Crippen molar-refractivity contribution in [2.45, 2.75) is 69.9 Å². The summed E-state index contributed by atoms with van der Waals surface area (Å²) in [5.41, 5.74) is 0. The lowest BCUT2D eigenvalue weighted by Gasteiger charge is -2.40. The molecule has 170 valence electrons. The standard InChI is InChI=1S/C16H28O12S/c1-3-4-5-12(18)27-10(6-25-9(2)17)7-26-16-15(21)14(20)13(19)11(28-16)8-29(22,23)24/h10-11,13-16,19-21H,3-8H2,1-2H3,(H,22,23,24)/t10-,11-,13-,14+,15-,16-/m1/s1. The molecule has 13 heteroatoms. The largest absolute Gasteiger partial charge is 0.462 e. The molecule has 6 atom stereocenters. The Kier molecular flexibility index (Phi) is 10.4. The average Bonchev–Trinajstić information content (AvgIpc) is 2.62. The van der Waals surface area contributed by atoms with Crippen LogP contribution in [0.25, 0.3) is 0 Å². The van der Waals surface area contributed by atoms with Gasteiger partial charge in [-0.05, 0) is 6.42 Å². The van der Waals surface area contributed by atoms with Crippen molar-refractivity contribution in [2.24, 2.45) is 0 Å². The van der Waals surface area contributed by atoms with Gasteiger partial charge in [0.15, 0.2) is 12.4 Å². The monoisotopic (exact) mass is 444 g/mol. The van der Waals surface area contributed by atoms with Crippen LogP contribution in [-0.4, -0.2) is 96.0 Å². The minimum Gasteiger partial charge on any atom is -0.462 e. The third-order valence-corrected chi connectivity index (χ3v) is 4.74. The summed E-state index contributed by atoms with van der Waals surface area (Å²) in [6, 6.07) is 0. The molecule has 0 unspecified atom stereocenters. The Morgan fingerprint density at radius 1 is 1.10 bits per heavy atom. The van der Waals surface area contributed by atoms with E-state index in [-0.39, 0.29) is 13.0 Å². The van der Waals surface area contributed by atoms with E-state index < -0.39 is 71.2 Å². The number of esters is 2. The summed E-state index contributed by atoms with van der Waals surface area (Å²) in [5, 5.41) is 29.7. The van der Waals surface area contributed by atoms with Gasteiger partial charge in [-0.15, -0.1) is 0 Å². The molecule has 1 heterocycles. The lowest BCUT2D eigenvalue weighted by molar-refractivity contribution is -0.297. The first kappa shape index (κ1) is 25.7. The molecular weight excluding hydrogens is 416 g/mol. The van der Waals surface area contributed by atoms with Gasteiger partial charge in [0.1, 0.15) is 36.8 Å². The minimum absolute atomic E-state index is 0.136. The molecule has 0 aliphatic carbocycles. The summed E-state index contributed by atoms with van der Waals surface area (Å²) in [4.78, 5) is 22.8. The van der Waals surface area contributed by atoms with Gasteiger partial charge in [0, 0.05) is 13.3 Å². The van der Waals surface area contributed by atoms with Crippen LogP contribution >= 0.6 is 0 Å². The molecule has 1 saturated heterocycles. The molecule has 0 bridgehead atoms. The molecule has 29 heavy (non-hydrogen) atoms. The highest BCUT2D eigenvalue weighted by molar-refractivity contribution is 7.85. The van der Waals surface area contributed by atoms with Gasteiger partial charge in [-0.2, -0.15) is 8.42 Å². The first-order valence-corrected chi connectivity index (χ1v) is 10.6. The third kappa shape index (κ3) is 9.33. The number of carbonyl (C=O) groups excluding carboxylic acids is 2. The van der Waals surface area contributed by atoms with Gasteiger partial charge in [0.2, 0.25) is 0 Å². The normalized spacial score (nSPS) is 28.6. The predicted molar refractivity (Wildman–Crippen MR) is 95.1 cm³/mol. The maximum Gasteiger partial charge on any atom is 0.306 e. The molecule has 4 N–H and O–H groups in total. The van der Waals surface area contributed by atoms with Crippen LogP contribution in [0.3, 0.4) is 0 Å². The van der Waals surface area contributed by atoms with Crippen LogP contribution in [0.4, 0.5) is 0 Å². The second-order valence-electron chi connectivity index (χ2n) is 6.61. The Bertz CT molecular complexity index is 636. The van der Waals surface area contributed by atoms with Gasteiger partial charge in [0.05, 0.1) is 6.61 Å². The average molecular weight is 444 g/mol. The Morgan fingerprint density at radius 3 is 2.31 bits per heavy atom. The van der Waals surface area contributed by atoms with E-state index in [2.05, 4.69) is 0 Å². The van der Waals surface area contributed by atoms with Crippen molar-refractivity contribution in [3.8, 4) is 0 Å². The summed E-state index contributed by atoms with van der Waals surface area (Å²) < 4.78 is 51.4. The highest BCUT2D eigenvalue weighted by atomic mass is 32.2. The Labute approximate surface area is 168 Å². The molecular formula is C16H28O12S. The number of ether oxygens (including phenoxy) is 4. The second kappa shape index (κ2) is 11.7. The first-order valence-electron chi connectivity index (χ1n) is 9.03. The van der Waals surface area contributed by atoms with Crippen LogP contribution in [0.2, 0.25) is 0 Å². The van der Waals surface area contributed by atoms with Gasteiger partial charge in [-0.3, -0.25) is 14.1 Å². The van der Waals surface area contributed by atoms with Crippen molar-refractivity contribution in [2.75, 3.05) is 19.0 Å². The van der Waals surface area contributed by atoms with Gasteiger partial charge in [-0.25, -0.2) is 0 Å². The van der Waals surface area contributed by atoms with Crippen molar-refractivity contribution in [3.05, 3.63) is 0 Å². The van der Waals surface area contributed by atoms with Crippen molar-refractivity contribution in [3.63, 3.8) is 0 Å². The van der Waals surface area contributed by atoms with E-state index in [9.17, 15) is 33.3 Å². The highest BCUT2D eigenvalue weighted by Gasteiger charge is 2.45. The van der Waals surface area contributed by atoms with Gasteiger partial charge < -0.3 is 34.3 Å². The molecule has 0 saturated carbocycles. The van der Waals surface area contributed by atoms with Crippen molar-refractivity contribution < 1.29 is 56.8 Å². The van der Waals surface area contributed by atoms with E-state index in [0.29, 0.717) is 6.42 Å². The number of unbranched alkanes of at least 4 members (excludes halogenated alkanes) is 1. The van der Waals surface area contributed by atoms with E-state index in [1.165, 1.54) is 0 Å². The second-order valence-corrected chi connectivity index (χ2v) is 8.11. The fourth-order valence-electron chi connectivity index (χ4n) is 2.49. The molecule has 1 aliphatic heterocycles. The topological polar surface area (TPSA) is 186 Å². The fraction of sp³-hybridized carbons (Fsp3) is 0.875. The van der Waals surface area contributed by atoms with Crippen molar-refractivity contribution in [1.29, 1.82) is 0 Å². The smallest absolute Gasteiger partial charge is 0.306 e. The summed E-state index contributed by atoms with van der Waals surface area (Å²) in [7, 11) is -4.56. The Morgan fingerprint density at radius 2 is 1.76 bits per heavy atom. The zero-order valence-corrected chi connectivity index (χ0v) is 17.0. The van der Waals surface area contributed by atoms with Gasteiger partial charge >= 0.3 is 11.9 Å². The molecule has 0 radical (unpaired) electrons. The van der Waals surface area contributed by atoms with Crippen LogP contribution in [0, 0.1) is 0 Å². The SMILES string of the molecule is CCCCC(=O)O[C@H](COC(C)=O)CO[C@@H]1O[C@H](CS(=O)(=O)O)[C@@H](O)[C@H](O)[C@H]1O. The predicted octanol–water partition coefficient (Wildman–Crippen LogP) is -1.64. The van der Waals surface area contributed by atoms with E-state index in [1.807, 2.05) is 6.92 Å². The zero-order valence-electron chi connectivity index (χ0n) is 16.2. The highest BCUT2D eigenvalue weighted by Crippen LogP contribution is 2.23. The number of aliphatic hydroxyl groups excluding tert-OH is 3. The van der Waals surface area contributed by atoms with Crippen LogP contribution in [0.5, 0.6) is 0 Å². The molecule has 0 aromatic heterocycles. The Hall–Kier alpha value is -1.35. The zero-order chi connectivity index (χ0) is 22.2. The van der Waals surface area contributed by atoms with Crippen LogP contribution in [0.1, 0.15) is 33.1 Å². The maximum atomic E-state index is 11.8. The van der Waals surface area contributed by atoms with Crippen LogP contribution < -0.4 is 0 Å². The van der Waals surface area contributed by atoms with E-state index in [0.717, 1.165) is 13.3 Å². The fourth-order valence-corrected chi connectivity index (χ4v) is 3.19. The molecule has 0 aromatic rings. The number of rotatable bonds is 11. The lowest BCUT2D eigenvalue weighted by atomic mass is 10.00. The number of hydrogen-bond acceptors (Lipinski definition) is 11. The minimum atomic E-state index is -4.56. The molecule has 0 spiro atoms. The molecule has 1 rings (SSSR count). The maximum absolute atomic E-state index is 11.8. The summed E-state index contributed by atoms with van der Waals surface area (Å²) >= 11 is 0. The molecule has 1 aliphatic rings. The van der Waals surface area contributed by atoms with Crippen LogP contribution in [-0.2, 0) is 38.7 Å². The van der Waals surface area contributed by atoms with Crippen molar-refractivity contribution in [1.82, 2.24) is 0 Å². The van der Waals surface area contributed by atoms with Gasteiger partial charge in [0.25, 0.3) is 10.1 Å². The van der Waals surface area contributed by atoms with E-state index >= 15 is 0 Å². The third-order valence-electron chi connectivity index (χ3n) is 3.99. The molecule has 12 nitrogen and oxygen atoms in total. The summed E-state index contributed by atoms with van der Waals surface area (Å²) in [5.74, 6) is -2.22. The number of carbonyl (C=O) groups is 2. The molecule has 0 aromatic carbocycles.